The summed E-state index contributed by atoms with van der Waals surface area (Å²) in [5, 5.41) is 5.12. The molecular formula is C17H24N2O. The number of pyridine rings is 1. The number of anilines is 1. The number of aromatic nitrogens is 1. The first kappa shape index (κ1) is 14.6. The standard InChI is InChI=1S/C17H24N2O/c1-3-4-5-6-9-13(2)18-16-12-14-10-7-8-11-15(14)17(20)19-16/h7-8,10-13H,3-6,9H2,1-2H3,(H2,18,19,20). The van der Waals surface area contributed by atoms with Crippen LogP contribution in [0.5, 0.6) is 0 Å². The highest BCUT2D eigenvalue weighted by Crippen LogP contribution is 2.15. The van der Waals surface area contributed by atoms with Crippen molar-refractivity contribution in [3.05, 3.63) is 40.7 Å². The molecule has 3 heteroatoms. The zero-order chi connectivity index (χ0) is 14.4. The third-order valence-electron chi connectivity index (χ3n) is 3.65. The predicted molar refractivity (Wildman–Crippen MR) is 86.4 cm³/mol. The average Bonchev–Trinajstić information content (AvgIpc) is 2.44. The zero-order valence-electron chi connectivity index (χ0n) is 12.4. The topological polar surface area (TPSA) is 44.9 Å². The van der Waals surface area contributed by atoms with Gasteiger partial charge >= 0.3 is 0 Å². The van der Waals surface area contributed by atoms with Crippen LogP contribution < -0.4 is 10.9 Å². The molecule has 1 heterocycles. The first-order valence-corrected chi connectivity index (χ1v) is 7.59. The van der Waals surface area contributed by atoms with E-state index in [0.29, 0.717) is 6.04 Å². The Labute approximate surface area is 120 Å². The second-order valence-electron chi connectivity index (χ2n) is 5.49. The summed E-state index contributed by atoms with van der Waals surface area (Å²) < 4.78 is 0. The quantitative estimate of drug-likeness (QED) is 0.738. The second kappa shape index (κ2) is 7.13. The Bertz CT molecular complexity index is 603. The normalized spacial score (nSPS) is 12.5. The van der Waals surface area contributed by atoms with Crippen molar-refractivity contribution in [3.8, 4) is 0 Å². The minimum atomic E-state index is -0.0243. The molecule has 20 heavy (non-hydrogen) atoms. The Hall–Kier alpha value is -1.77. The lowest BCUT2D eigenvalue weighted by Crippen LogP contribution is -2.18. The summed E-state index contributed by atoms with van der Waals surface area (Å²) in [6.45, 7) is 4.39. The van der Waals surface area contributed by atoms with Crippen LogP contribution >= 0.6 is 0 Å². The van der Waals surface area contributed by atoms with Crippen molar-refractivity contribution in [2.24, 2.45) is 0 Å². The van der Waals surface area contributed by atoms with Crippen LogP contribution in [0.1, 0.15) is 46.0 Å². The zero-order valence-corrected chi connectivity index (χ0v) is 12.4. The Morgan fingerprint density at radius 3 is 2.80 bits per heavy atom. The molecule has 0 spiro atoms. The third-order valence-corrected chi connectivity index (χ3v) is 3.65. The van der Waals surface area contributed by atoms with Gasteiger partial charge < -0.3 is 10.3 Å². The summed E-state index contributed by atoms with van der Waals surface area (Å²) in [5.74, 6) is 0.816. The summed E-state index contributed by atoms with van der Waals surface area (Å²) >= 11 is 0. The fourth-order valence-electron chi connectivity index (χ4n) is 2.50. The van der Waals surface area contributed by atoms with E-state index in [-0.39, 0.29) is 5.56 Å². The van der Waals surface area contributed by atoms with Gasteiger partial charge in [0.2, 0.25) is 0 Å². The van der Waals surface area contributed by atoms with Crippen molar-refractivity contribution < 1.29 is 0 Å². The molecule has 0 aliphatic carbocycles. The molecule has 0 bridgehead atoms. The molecule has 2 aromatic rings. The first-order valence-electron chi connectivity index (χ1n) is 7.59. The number of hydrogen-bond donors (Lipinski definition) is 2. The fourth-order valence-corrected chi connectivity index (χ4v) is 2.50. The maximum atomic E-state index is 12.0. The maximum absolute atomic E-state index is 12.0. The Kier molecular flexibility index (Phi) is 5.22. The molecule has 3 nitrogen and oxygen atoms in total. The van der Waals surface area contributed by atoms with Gasteiger partial charge in [0.15, 0.2) is 0 Å². The van der Waals surface area contributed by atoms with Gasteiger partial charge in [0.25, 0.3) is 5.56 Å². The molecule has 0 radical (unpaired) electrons. The van der Waals surface area contributed by atoms with E-state index >= 15 is 0 Å². The smallest absolute Gasteiger partial charge is 0.257 e. The summed E-state index contributed by atoms with van der Waals surface area (Å²) in [6, 6.07) is 10.1. The Morgan fingerprint density at radius 2 is 2.00 bits per heavy atom. The van der Waals surface area contributed by atoms with Gasteiger partial charge in [0.05, 0.1) is 0 Å². The molecule has 1 unspecified atom stereocenters. The van der Waals surface area contributed by atoms with Crippen LogP contribution in [-0.4, -0.2) is 11.0 Å². The van der Waals surface area contributed by atoms with Gasteiger partial charge in [-0.05, 0) is 30.9 Å². The first-order chi connectivity index (χ1) is 9.70. The number of aromatic amines is 1. The van der Waals surface area contributed by atoms with Gasteiger partial charge in [-0.3, -0.25) is 4.79 Å². The lowest BCUT2D eigenvalue weighted by Gasteiger charge is -2.15. The minimum absolute atomic E-state index is 0.0243. The number of benzene rings is 1. The maximum Gasteiger partial charge on any atom is 0.257 e. The molecule has 0 aliphatic heterocycles. The average molecular weight is 272 g/mol. The number of fused-ring (bicyclic) bond motifs is 1. The lowest BCUT2D eigenvalue weighted by atomic mass is 10.1. The van der Waals surface area contributed by atoms with Gasteiger partial charge in [-0.15, -0.1) is 0 Å². The highest BCUT2D eigenvalue weighted by atomic mass is 16.1. The number of nitrogens with one attached hydrogen (secondary N) is 2. The Balaban J connectivity index is 2.01. The van der Waals surface area contributed by atoms with Crippen LogP contribution in [0.4, 0.5) is 5.82 Å². The van der Waals surface area contributed by atoms with Crippen molar-refractivity contribution in [1.82, 2.24) is 4.98 Å². The van der Waals surface area contributed by atoms with Gasteiger partial charge in [-0.2, -0.15) is 0 Å². The third kappa shape index (κ3) is 3.86. The molecule has 1 aromatic heterocycles. The molecule has 0 saturated heterocycles. The highest BCUT2D eigenvalue weighted by molar-refractivity contribution is 5.83. The fraction of sp³-hybridized carbons (Fsp3) is 0.471. The van der Waals surface area contributed by atoms with Gasteiger partial charge in [-0.1, -0.05) is 50.8 Å². The van der Waals surface area contributed by atoms with E-state index in [1.54, 1.807) is 0 Å². The van der Waals surface area contributed by atoms with Crippen molar-refractivity contribution >= 4 is 16.6 Å². The summed E-state index contributed by atoms with van der Waals surface area (Å²) in [7, 11) is 0. The van der Waals surface area contributed by atoms with E-state index < -0.39 is 0 Å². The number of hydrogen-bond acceptors (Lipinski definition) is 2. The molecule has 0 amide bonds. The van der Waals surface area contributed by atoms with E-state index in [1.165, 1.54) is 25.7 Å². The van der Waals surface area contributed by atoms with E-state index in [0.717, 1.165) is 23.0 Å². The lowest BCUT2D eigenvalue weighted by molar-refractivity contribution is 0.593. The van der Waals surface area contributed by atoms with Crippen LogP contribution in [0.15, 0.2) is 35.1 Å². The van der Waals surface area contributed by atoms with Crippen LogP contribution in [0.25, 0.3) is 10.8 Å². The van der Waals surface area contributed by atoms with Crippen molar-refractivity contribution in [2.75, 3.05) is 5.32 Å². The molecule has 1 atom stereocenters. The van der Waals surface area contributed by atoms with E-state index in [4.69, 9.17) is 0 Å². The van der Waals surface area contributed by atoms with Crippen LogP contribution in [0, 0.1) is 0 Å². The van der Waals surface area contributed by atoms with E-state index in [2.05, 4.69) is 24.1 Å². The predicted octanol–water partition coefficient (Wildman–Crippen LogP) is 4.30. The molecule has 0 aliphatic rings. The van der Waals surface area contributed by atoms with Gasteiger partial charge in [0.1, 0.15) is 5.82 Å². The SMILES string of the molecule is CCCCCCC(C)Nc1cc2ccccc2c(=O)[nH]1. The van der Waals surface area contributed by atoms with Crippen molar-refractivity contribution in [2.45, 2.75) is 52.0 Å². The molecule has 0 fully saturated rings. The van der Waals surface area contributed by atoms with Crippen molar-refractivity contribution in [1.29, 1.82) is 0 Å². The summed E-state index contributed by atoms with van der Waals surface area (Å²) in [6.07, 6.45) is 6.23. The molecule has 2 N–H and O–H groups in total. The van der Waals surface area contributed by atoms with Crippen LogP contribution in [0.3, 0.4) is 0 Å². The van der Waals surface area contributed by atoms with Crippen LogP contribution in [0.2, 0.25) is 0 Å². The van der Waals surface area contributed by atoms with E-state index in [9.17, 15) is 4.79 Å². The summed E-state index contributed by atoms with van der Waals surface area (Å²) in [4.78, 5) is 14.9. The monoisotopic (exact) mass is 272 g/mol. The van der Waals surface area contributed by atoms with Crippen LogP contribution in [-0.2, 0) is 0 Å². The molecule has 108 valence electrons. The van der Waals surface area contributed by atoms with Crippen molar-refractivity contribution in [3.63, 3.8) is 0 Å². The number of unbranched alkanes of at least 4 members (excludes halogenated alkanes) is 3. The molecule has 2 rings (SSSR count). The van der Waals surface area contributed by atoms with E-state index in [1.807, 2.05) is 30.3 Å². The van der Waals surface area contributed by atoms with Gasteiger partial charge in [-0.25, -0.2) is 0 Å². The second-order valence-corrected chi connectivity index (χ2v) is 5.49. The Morgan fingerprint density at radius 1 is 1.20 bits per heavy atom. The largest absolute Gasteiger partial charge is 0.369 e. The molecular weight excluding hydrogens is 248 g/mol. The highest BCUT2D eigenvalue weighted by Gasteiger charge is 2.05. The van der Waals surface area contributed by atoms with Gasteiger partial charge in [0, 0.05) is 11.4 Å². The summed E-state index contributed by atoms with van der Waals surface area (Å²) in [5.41, 5.74) is -0.0243. The number of H-pyrrole nitrogens is 1. The molecule has 1 aromatic carbocycles. The minimum Gasteiger partial charge on any atom is -0.369 e. The number of rotatable bonds is 7. The molecule has 0 saturated carbocycles.